The van der Waals surface area contributed by atoms with Crippen LogP contribution < -0.4 is 4.90 Å². The molecule has 1 heterocycles. The van der Waals surface area contributed by atoms with Gasteiger partial charge in [-0.3, -0.25) is 4.79 Å². The standard InChI is InChI=1S/C16H23NO2/c1-4-12(5-2)15(18)17-11-10-16(3,19)13-8-6-7-9-14(13)17/h6-9,12,19H,4-5,10-11H2,1-3H3. The summed E-state index contributed by atoms with van der Waals surface area (Å²) in [6, 6.07) is 7.69. The van der Waals surface area contributed by atoms with E-state index in [2.05, 4.69) is 13.8 Å². The van der Waals surface area contributed by atoms with Gasteiger partial charge in [0, 0.05) is 23.7 Å². The van der Waals surface area contributed by atoms with Gasteiger partial charge in [0.2, 0.25) is 5.91 Å². The lowest BCUT2D eigenvalue weighted by molar-refractivity contribution is -0.123. The highest BCUT2D eigenvalue weighted by Gasteiger charge is 2.36. The van der Waals surface area contributed by atoms with E-state index >= 15 is 0 Å². The van der Waals surface area contributed by atoms with Crippen LogP contribution in [0.5, 0.6) is 0 Å². The first-order valence-corrected chi connectivity index (χ1v) is 7.14. The second-order valence-corrected chi connectivity index (χ2v) is 5.54. The summed E-state index contributed by atoms with van der Waals surface area (Å²) in [4.78, 5) is 14.4. The summed E-state index contributed by atoms with van der Waals surface area (Å²) in [6.45, 7) is 6.53. The molecule has 1 amide bonds. The maximum atomic E-state index is 12.6. The molecule has 0 bridgehead atoms. The number of amides is 1. The number of hydrogen-bond donors (Lipinski definition) is 1. The van der Waals surface area contributed by atoms with Crippen molar-refractivity contribution in [3.63, 3.8) is 0 Å². The Hall–Kier alpha value is -1.35. The smallest absolute Gasteiger partial charge is 0.230 e. The van der Waals surface area contributed by atoms with Gasteiger partial charge in [-0.25, -0.2) is 0 Å². The molecule has 1 aromatic carbocycles. The molecule has 0 aromatic heterocycles. The van der Waals surface area contributed by atoms with Crippen molar-refractivity contribution in [2.75, 3.05) is 11.4 Å². The maximum absolute atomic E-state index is 12.6. The van der Waals surface area contributed by atoms with Gasteiger partial charge in [0.25, 0.3) is 0 Å². The Morgan fingerprint density at radius 3 is 2.63 bits per heavy atom. The summed E-state index contributed by atoms with van der Waals surface area (Å²) in [7, 11) is 0. The molecular weight excluding hydrogens is 238 g/mol. The molecule has 0 saturated heterocycles. The Kier molecular flexibility index (Phi) is 3.95. The topological polar surface area (TPSA) is 40.5 Å². The first kappa shape index (κ1) is 14.1. The summed E-state index contributed by atoms with van der Waals surface area (Å²) in [5, 5.41) is 10.4. The second kappa shape index (κ2) is 5.33. The van der Waals surface area contributed by atoms with E-state index in [0.717, 1.165) is 24.1 Å². The van der Waals surface area contributed by atoms with Gasteiger partial charge in [-0.1, -0.05) is 32.0 Å². The Morgan fingerprint density at radius 2 is 2.00 bits per heavy atom. The first-order chi connectivity index (χ1) is 9.01. The molecule has 1 unspecified atom stereocenters. The number of benzene rings is 1. The van der Waals surface area contributed by atoms with Crippen molar-refractivity contribution in [1.29, 1.82) is 0 Å². The predicted octanol–water partition coefficient (Wildman–Crippen LogP) is 3.07. The van der Waals surface area contributed by atoms with E-state index in [-0.39, 0.29) is 11.8 Å². The first-order valence-electron chi connectivity index (χ1n) is 7.14. The molecular formula is C16H23NO2. The molecule has 19 heavy (non-hydrogen) atoms. The van der Waals surface area contributed by atoms with Crippen LogP contribution in [0.4, 0.5) is 5.69 Å². The number of hydrogen-bond acceptors (Lipinski definition) is 2. The molecule has 1 atom stereocenters. The number of aliphatic hydroxyl groups is 1. The summed E-state index contributed by atoms with van der Waals surface area (Å²) in [6.07, 6.45) is 2.32. The Morgan fingerprint density at radius 1 is 1.37 bits per heavy atom. The number of carbonyl (C=O) groups excluding carboxylic acids is 1. The summed E-state index contributed by atoms with van der Waals surface area (Å²) < 4.78 is 0. The average molecular weight is 261 g/mol. The van der Waals surface area contributed by atoms with Crippen LogP contribution in [0.1, 0.15) is 45.6 Å². The van der Waals surface area contributed by atoms with Crippen molar-refractivity contribution >= 4 is 11.6 Å². The fourth-order valence-corrected chi connectivity index (χ4v) is 2.84. The fourth-order valence-electron chi connectivity index (χ4n) is 2.84. The summed E-state index contributed by atoms with van der Waals surface area (Å²) in [5.74, 6) is 0.268. The molecule has 1 aromatic rings. The zero-order chi connectivity index (χ0) is 14.0. The third-order valence-corrected chi connectivity index (χ3v) is 4.20. The van der Waals surface area contributed by atoms with Crippen LogP contribution in [0.3, 0.4) is 0 Å². The molecule has 1 N–H and O–H groups in total. The van der Waals surface area contributed by atoms with Crippen molar-refractivity contribution in [3.05, 3.63) is 29.8 Å². The number of rotatable bonds is 3. The SMILES string of the molecule is CCC(CC)C(=O)N1CCC(C)(O)c2ccccc21. The minimum Gasteiger partial charge on any atom is -0.385 e. The van der Waals surface area contributed by atoms with E-state index < -0.39 is 5.60 Å². The van der Waals surface area contributed by atoms with Crippen LogP contribution >= 0.6 is 0 Å². The number of anilines is 1. The molecule has 3 heteroatoms. The van der Waals surface area contributed by atoms with Gasteiger partial charge in [0.15, 0.2) is 0 Å². The van der Waals surface area contributed by atoms with Crippen LogP contribution in [0.25, 0.3) is 0 Å². The van der Waals surface area contributed by atoms with Crippen LogP contribution in [-0.4, -0.2) is 17.6 Å². The zero-order valence-electron chi connectivity index (χ0n) is 12.0. The molecule has 0 spiro atoms. The fraction of sp³-hybridized carbons (Fsp3) is 0.562. The Labute approximate surface area is 115 Å². The van der Waals surface area contributed by atoms with E-state index in [0.29, 0.717) is 13.0 Å². The predicted molar refractivity (Wildman–Crippen MR) is 77.1 cm³/mol. The number of nitrogens with zero attached hydrogens (tertiary/aromatic N) is 1. The highest BCUT2D eigenvalue weighted by molar-refractivity contribution is 5.96. The largest absolute Gasteiger partial charge is 0.385 e. The third kappa shape index (κ3) is 2.52. The van der Waals surface area contributed by atoms with Crippen molar-refractivity contribution in [2.24, 2.45) is 5.92 Å². The van der Waals surface area contributed by atoms with Gasteiger partial charge in [-0.05, 0) is 32.3 Å². The monoisotopic (exact) mass is 261 g/mol. The summed E-state index contributed by atoms with van der Waals surface area (Å²) in [5.41, 5.74) is 0.901. The molecule has 0 fully saturated rings. The molecule has 1 aliphatic heterocycles. The van der Waals surface area contributed by atoms with Crippen LogP contribution in [0.2, 0.25) is 0 Å². The number of para-hydroxylation sites is 1. The second-order valence-electron chi connectivity index (χ2n) is 5.54. The highest BCUT2D eigenvalue weighted by atomic mass is 16.3. The Bertz CT molecular complexity index is 464. The van der Waals surface area contributed by atoms with Crippen molar-refractivity contribution in [2.45, 2.75) is 45.6 Å². The quantitative estimate of drug-likeness (QED) is 0.908. The normalized spacial score (nSPS) is 22.5. The molecule has 1 aliphatic rings. The average Bonchev–Trinajstić information content (AvgIpc) is 2.40. The van der Waals surface area contributed by atoms with Gasteiger partial charge in [-0.2, -0.15) is 0 Å². The van der Waals surface area contributed by atoms with Gasteiger partial charge in [-0.15, -0.1) is 0 Å². The van der Waals surface area contributed by atoms with Crippen molar-refractivity contribution < 1.29 is 9.90 Å². The van der Waals surface area contributed by atoms with E-state index in [4.69, 9.17) is 0 Å². The lowest BCUT2D eigenvalue weighted by Gasteiger charge is -2.39. The van der Waals surface area contributed by atoms with E-state index in [9.17, 15) is 9.90 Å². The van der Waals surface area contributed by atoms with E-state index in [1.54, 1.807) is 0 Å². The lowest BCUT2D eigenvalue weighted by Crippen LogP contribution is -2.44. The maximum Gasteiger partial charge on any atom is 0.230 e. The van der Waals surface area contributed by atoms with Gasteiger partial charge in [0.1, 0.15) is 0 Å². The summed E-state index contributed by atoms with van der Waals surface area (Å²) >= 11 is 0. The van der Waals surface area contributed by atoms with Crippen LogP contribution in [0, 0.1) is 5.92 Å². The molecule has 0 aliphatic carbocycles. The van der Waals surface area contributed by atoms with Gasteiger partial charge < -0.3 is 10.0 Å². The molecule has 0 saturated carbocycles. The van der Waals surface area contributed by atoms with Gasteiger partial charge >= 0.3 is 0 Å². The number of carbonyl (C=O) groups is 1. The number of fused-ring (bicyclic) bond motifs is 1. The minimum atomic E-state index is -0.832. The van der Waals surface area contributed by atoms with E-state index in [1.165, 1.54) is 0 Å². The van der Waals surface area contributed by atoms with Crippen molar-refractivity contribution in [1.82, 2.24) is 0 Å². The molecule has 2 rings (SSSR count). The van der Waals surface area contributed by atoms with Crippen molar-refractivity contribution in [3.8, 4) is 0 Å². The molecule has 3 nitrogen and oxygen atoms in total. The van der Waals surface area contributed by atoms with Gasteiger partial charge in [0.05, 0.1) is 5.60 Å². The molecule has 104 valence electrons. The minimum absolute atomic E-state index is 0.0797. The highest BCUT2D eigenvalue weighted by Crippen LogP contribution is 2.38. The van der Waals surface area contributed by atoms with E-state index in [1.807, 2.05) is 36.1 Å². The Balaban J connectivity index is 2.38. The lowest BCUT2D eigenvalue weighted by atomic mass is 9.86. The van der Waals surface area contributed by atoms with Crippen LogP contribution in [0.15, 0.2) is 24.3 Å². The zero-order valence-corrected chi connectivity index (χ0v) is 12.0. The van der Waals surface area contributed by atoms with Crippen LogP contribution in [-0.2, 0) is 10.4 Å². The molecule has 0 radical (unpaired) electrons. The third-order valence-electron chi connectivity index (χ3n) is 4.20.